The van der Waals surface area contributed by atoms with Crippen molar-refractivity contribution in [1.82, 2.24) is 20.2 Å². The van der Waals surface area contributed by atoms with Crippen LogP contribution >= 0.6 is 0 Å². The summed E-state index contributed by atoms with van der Waals surface area (Å²) >= 11 is 0. The van der Waals surface area contributed by atoms with Crippen molar-refractivity contribution in [3.8, 4) is 11.5 Å². The van der Waals surface area contributed by atoms with Crippen LogP contribution in [0.5, 0.6) is 0 Å². The summed E-state index contributed by atoms with van der Waals surface area (Å²) in [6, 6.07) is 5.38. The molecule has 0 aliphatic carbocycles. The molecule has 3 aromatic rings. The summed E-state index contributed by atoms with van der Waals surface area (Å²) in [6.45, 7) is 0.453. The van der Waals surface area contributed by atoms with Gasteiger partial charge in [-0.1, -0.05) is 10.4 Å². The average Bonchev–Trinajstić information content (AvgIpc) is 3.00. The largest absolute Gasteiger partial charge is 0.461 e. The molecule has 0 aliphatic heterocycles. The second-order valence-electron chi connectivity index (χ2n) is 3.50. The summed E-state index contributed by atoms with van der Waals surface area (Å²) in [5, 5.41) is 11.4. The molecule has 0 amide bonds. The molecule has 17 heavy (non-hydrogen) atoms. The standard InChI is InChI=1S/C10H9N5O2/c11-10-6-15(14-12-10)5-7-4-9(17-13-7)8-2-1-3-16-8/h1-4,6H,5,11H2. The van der Waals surface area contributed by atoms with Crippen LogP contribution in [0.15, 0.2) is 39.6 Å². The van der Waals surface area contributed by atoms with Gasteiger partial charge in [-0.05, 0) is 12.1 Å². The van der Waals surface area contributed by atoms with Crippen LogP contribution in [0.4, 0.5) is 5.82 Å². The number of hydrogen-bond acceptors (Lipinski definition) is 6. The first kappa shape index (κ1) is 9.64. The number of nitrogens with zero attached hydrogens (tertiary/aromatic N) is 4. The summed E-state index contributed by atoms with van der Waals surface area (Å²) in [4.78, 5) is 0. The van der Waals surface area contributed by atoms with Gasteiger partial charge in [-0.15, -0.1) is 5.10 Å². The van der Waals surface area contributed by atoms with Crippen LogP contribution in [0.2, 0.25) is 0 Å². The molecule has 0 fully saturated rings. The third-order valence-electron chi connectivity index (χ3n) is 2.20. The predicted molar refractivity (Wildman–Crippen MR) is 57.7 cm³/mol. The van der Waals surface area contributed by atoms with Crippen molar-refractivity contribution in [3.05, 3.63) is 36.4 Å². The first-order valence-electron chi connectivity index (χ1n) is 4.96. The highest BCUT2D eigenvalue weighted by Gasteiger charge is 2.09. The predicted octanol–water partition coefficient (Wildman–Crippen LogP) is 1.16. The van der Waals surface area contributed by atoms with Crippen LogP contribution in [0, 0.1) is 0 Å². The minimum atomic E-state index is 0.375. The van der Waals surface area contributed by atoms with E-state index >= 15 is 0 Å². The van der Waals surface area contributed by atoms with Crippen molar-refractivity contribution >= 4 is 5.82 Å². The Morgan fingerprint density at radius 2 is 2.29 bits per heavy atom. The molecule has 7 heteroatoms. The van der Waals surface area contributed by atoms with E-state index in [0.29, 0.717) is 23.9 Å². The fourth-order valence-electron chi connectivity index (χ4n) is 1.48. The Kier molecular flexibility index (Phi) is 2.14. The van der Waals surface area contributed by atoms with E-state index < -0.39 is 0 Å². The topological polar surface area (TPSA) is 95.9 Å². The molecule has 0 spiro atoms. The lowest BCUT2D eigenvalue weighted by molar-refractivity contribution is 0.407. The number of rotatable bonds is 3. The Hall–Kier alpha value is -2.57. The zero-order valence-corrected chi connectivity index (χ0v) is 8.78. The van der Waals surface area contributed by atoms with Crippen molar-refractivity contribution in [3.63, 3.8) is 0 Å². The molecule has 3 rings (SSSR count). The molecule has 0 unspecified atom stereocenters. The van der Waals surface area contributed by atoms with Gasteiger partial charge in [0.25, 0.3) is 0 Å². The van der Waals surface area contributed by atoms with Gasteiger partial charge in [-0.2, -0.15) is 0 Å². The smallest absolute Gasteiger partial charge is 0.202 e. The lowest BCUT2D eigenvalue weighted by atomic mass is 10.3. The minimum absolute atomic E-state index is 0.375. The van der Waals surface area contributed by atoms with Crippen LogP contribution in [-0.4, -0.2) is 20.2 Å². The van der Waals surface area contributed by atoms with Crippen molar-refractivity contribution in [2.24, 2.45) is 0 Å². The molecule has 86 valence electrons. The highest BCUT2D eigenvalue weighted by Crippen LogP contribution is 2.20. The summed E-state index contributed by atoms with van der Waals surface area (Å²) in [7, 11) is 0. The maximum Gasteiger partial charge on any atom is 0.202 e. The number of furan rings is 1. The molecule has 0 bridgehead atoms. The maximum absolute atomic E-state index is 5.46. The normalized spacial score (nSPS) is 10.8. The van der Waals surface area contributed by atoms with Gasteiger partial charge in [-0.3, -0.25) is 0 Å². The number of nitrogens with two attached hydrogens (primary N) is 1. The Labute approximate surface area is 95.8 Å². The van der Waals surface area contributed by atoms with E-state index in [4.69, 9.17) is 14.7 Å². The van der Waals surface area contributed by atoms with Gasteiger partial charge in [-0.25, -0.2) is 4.68 Å². The minimum Gasteiger partial charge on any atom is -0.461 e. The van der Waals surface area contributed by atoms with Gasteiger partial charge in [0, 0.05) is 6.07 Å². The summed E-state index contributed by atoms with van der Waals surface area (Å²) in [5.41, 5.74) is 6.18. The molecule has 0 saturated heterocycles. The van der Waals surface area contributed by atoms with Gasteiger partial charge < -0.3 is 14.7 Å². The molecule has 0 saturated carbocycles. The Morgan fingerprint density at radius 1 is 1.35 bits per heavy atom. The molecule has 3 heterocycles. The fraction of sp³-hybridized carbons (Fsp3) is 0.100. The summed E-state index contributed by atoms with van der Waals surface area (Å²) in [5.74, 6) is 1.60. The second kappa shape index (κ2) is 3.78. The SMILES string of the molecule is Nc1cn(Cc2cc(-c3ccco3)on2)nn1. The van der Waals surface area contributed by atoms with Crippen LogP contribution < -0.4 is 5.73 Å². The number of anilines is 1. The lowest BCUT2D eigenvalue weighted by Gasteiger charge is -1.92. The van der Waals surface area contributed by atoms with Crippen LogP contribution in [-0.2, 0) is 6.54 Å². The molecular weight excluding hydrogens is 222 g/mol. The van der Waals surface area contributed by atoms with E-state index in [1.165, 1.54) is 0 Å². The Balaban J connectivity index is 1.81. The first-order valence-corrected chi connectivity index (χ1v) is 4.96. The van der Waals surface area contributed by atoms with Crippen molar-refractivity contribution in [2.75, 3.05) is 5.73 Å². The molecule has 2 N–H and O–H groups in total. The highest BCUT2D eigenvalue weighted by molar-refractivity contribution is 5.49. The molecule has 0 radical (unpaired) electrons. The monoisotopic (exact) mass is 231 g/mol. The van der Waals surface area contributed by atoms with Crippen LogP contribution in [0.3, 0.4) is 0 Å². The quantitative estimate of drug-likeness (QED) is 0.726. The van der Waals surface area contributed by atoms with Gasteiger partial charge in [0.05, 0.1) is 19.0 Å². The fourth-order valence-corrected chi connectivity index (χ4v) is 1.48. The number of aromatic nitrogens is 4. The third kappa shape index (κ3) is 1.89. The summed E-state index contributed by atoms with van der Waals surface area (Å²) < 4.78 is 11.9. The molecule has 7 nitrogen and oxygen atoms in total. The molecular formula is C10H9N5O2. The number of hydrogen-bond donors (Lipinski definition) is 1. The zero-order valence-electron chi connectivity index (χ0n) is 8.78. The Morgan fingerprint density at radius 3 is 3.00 bits per heavy atom. The third-order valence-corrected chi connectivity index (χ3v) is 2.20. The van der Waals surface area contributed by atoms with E-state index in [1.54, 1.807) is 35.3 Å². The summed E-state index contributed by atoms with van der Waals surface area (Å²) in [6.07, 6.45) is 3.21. The first-order chi connectivity index (χ1) is 8.31. The molecule has 0 aliphatic rings. The van der Waals surface area contributed by atoms with Gasteiger partial charge in [0.2, 0.25) is 5.76 Å². The van der Waals surface area contributed by atoms with Gasteiger partial charge in [0.1, 0.15) is 5.69 Å². The van der Waals surface area contributed by atoms with Crippen molar-refractivity contribution in [2.45, 2.75) is 6.54 Å². The van der Waals surface area contributed by atoms with Crippen LogP contribution in [0.1, 0.15) is 5.69 Å². The lowest BCUT2D eigenvalue weighted by Crippen LogP contribution is -2.00. The Bertz CT molecular complexity index is 610. The van der Waals surface area contributed by atoms with E-state index in [1.807, 2.05) is 0 Å². The van der Waals surface area contributed by atoms with Gasteiger partial charge in [0.15, 0.2) is 11.6 Å². The second-order valence-corrected chi connectivity index (χ2v) is 3.50. The number of nitrogen functional groups attached to an aromatic ring is 1. The van der Waals surface area contributed by atoms with Crippen molar-refractivity contribution < 1.29 is 8.94 Å². The highest BCUT2D eigenvalue weighted by atomic mass is 16.5. The zero-order chi connectivity index (χ0) is 11.7. The van der Waals surface area contributed by atoms with E-state index in [0.717, 1.165) is 5.69 Å². The van der Waals surface area contributed by atoms with Crippen molar-refractivity contribution in [1.29, 1.82) is 0 Å². The molecule has 0 aromatic carbocycles. The van der Waals surface area contributed by atoms with E-state index in [2.05, 4.69) is 15.5 Å². The molecule has 3 aromatic heterocycles. The van der Waals surface area contributed by atoms with E-state index in [9.17, 15) is 0 Å². The van der Waals surface area contributed by atoms with Crippen LogP contribution in [0.25, 0.3) is 11.5 Å². The maximum atomic E-state index is 5.46. The average molecular weight is 231 g/mol. The van der Waals surface area contributed by atoms with E-state index in [-0.39, 0.29) is 0 Å². The van der Waals surface area contributed by atoms with Gasteiger partial charge >= 0.3 is 0 Å². The molecule has 0 atom stereocenters.